The molecule has 7 atom stereocenters. The number of carbonyl (C=O) groups is 3. The van der Waals surface area contributed by atoms with Crippen LogP contribution in [0, 0.1) is 18.8 Å². The number of ether oxygens (including phenoxy) is 5. The maximum absolute atomic E-state index is 13.5. The molecule has 0 spiro atoms. The van der Waals surface area contributed by atoms with Gasteiger partial charge in [0.1, 0.15) is 73.7 Å². The second-order valence-corrected chi connectivity index (χ2v) is 29.6. The van der Waals surface area contributed by atoms with Crippen LogP contribution in [0.25, 0.3) is 54.0 Å². The van der Waals surface area contributed by atoms with Crippen molar-refractivity contribution < 1.29 is 106 Å². The number of aryl methyl sites for hydroxylation is 2. The Morgan fingerprint density at radius 2 is 1.77 bits per heavy atom. The van der Waals surface area contributed by atoms with Gasteiger partial charge >= 0.3 is 29.1 Å². The molecule has 4 unspecified atom stereocenters. The Morgan fingerprint density at radius 3 is 2.51 bits per heavy atom. The first-order chi connectivity index (χ1) is 47.3. The summed E-state index contributed by atoms with van der Waals surface area (Å²) < 4.78 is 117. The molecule has 41 heteroatoms. The van der Waals surface area contributed by atoms with Gasteiger partial charge in [0.05, 0.1) is 54.7 Å². The number of benzene rings is 2. The van der Waals surface area contributed by atoms with Crippen molar-refractivity contribution in [2.45, 2.75) is 115 Å². The van der Waals surface area contributed by atoms with Crippen LogP contribution in [-0.4, -0.2) is 154 Å². The maximum atomic E-state index is 13.5. The van der Waals surface area contributed by atoms with Gasteiger partial charge in [-0.25, -0.2) is 33.0 Å². The third-order valence-electron chi connectivity index (χ3n) is 15.8. The lowest BCUT2D eigenvalue weighted by molar-refractivity contribution is -0.702. The Kier molecular flexibility index (Phi) is 26.7. The number of fused-ring (bicyclic) bond motifs is 3. The third kappa shape index (κ3) is 22.4. The summed E-state index contributed by atoms with van der Waals surface area (Å²) in [6.45, 7) is 6.98. The SMILES string of the molecule is Cc1cc(-c2cc3cc4c(cc3oc2=O)N(CCCC(=O)CCCNC(=O)c2cccc(OCC(N=[N+]=[N-])OCCOCC(=O)NCC#Cc3cn([C@H]5C[C@@H](OCN=[N+]=[N-])[C@@H](COP(=O)(O)OP(=O)(O)OP(=O)(O)O)O5)c5ncnc(N)c35)c2)C(C)(C)CC4C)cc[n+]1CCCS(=O)(=O)O. The van der Waals surface area contributed by atoms with Crippen LogP contribution < -0.4 is 36.2 Å². The Balaban J connectivity index is 0.739. The van der Waals surface area contributed by atoms with E-state index in [-0.39, 0.29) is 109 Å². The molecule has 2 aliphatic heterocycles. The highest BCUT2D eigenvalue weighted by Crippen LogP contribution is 2.66. The van der Waals surface area contributed by atoms with Gasteiger partial charge in [0, 0.05) is 108 Å². The molecule has 0 aliphatic carbocycles. The van der Waals surface area contributed by atoms with E-state index in [4.69, 9.17) is 58.2 Å². The number of nitrogens with one attached hydrogen (secondary N) is 2. The minimum atomic E-state index is -5.83. The molecule has 4 aromatic heterocycles. The van der Waals surface area contributed by atoms with Crippen LogP contribution in [0.4, 0.5) is 11.5 Å². The van der Waals surface area contributed by atoms with E-state index in [0.29, 0.717) is 49.1 Å². The standard InChI is InChI=1S/C59H73N14O23P3S/c1-37-30-59(3,4)73(47-28-48-42(26-45(37)47)27-46(58(77)94-48)39-15-20-71(38(2)24-39)18-9-23-100(85,86)87)19-8-13-43(74)12-7-17-64-57(76)40-10-5-14-44(25-40)90-34-52(68-70-62)89-22-21-88-33-51(75)63-16-6-11-41-31-72(56-54(41)55(60)65-35-66-56)53-29-49(91-36-67-69-61)50(93-53)32-92-98(81,82)96-99(83,84)95-97(78,79)80/h5,10,14-15,20,24-28,31,35,37,49-50,52-53H,7-9,12-13,16-19,21-23,29-30,32-34,36H2,1-4H3,(H8-,60,63,64,65,66,75,76,78,79,80,81,82,83,84,85,86,87)/p+1/t37?,49-,50-,52?,53-/m1/s1. The van der Waals surface area contributed by atoms with Gasteiger partial charge < -0.3 is 73.5 Å². The lowest BCUT2D eigenvalue weighted by atomic mass is 9.79. The predicted molar refractivity (Wildman–Crippen MR) is 355 cm³/mol. The van der Waals surface area contributed by atoms with Crippen molar-refractivity contribution in [3.8, 4) is 28.7 Å². The van der Waals surface area contributed by atoms with Gasteiger partial charge in [-0.3, -0.25) is 23.5 Å². The van der Waals surface area contributed by atoms with Gasteiger partial charge in [0.25, 0.3) is 16.0 Å². The summed E-state index contributed by atoms with van der Waals surface area (Å²) in [5, 5.41) is 13.3. The maximum Gasteiger partial charge on any atom is 0.490 e. The van der Waals surface area contributed by atoms with Gasteiger partial charge in [0.15, 0.2) is 18.1 Å². The third-order valence-corrected chi connectivity index (χ3v) is 20.4. The zero-order chi connectivity index (χ0) is 72.6. The van der Waals surface area contributed by atoms with E-state index in [9.17, 15) is 56.6 Å². The summed E-state index contributed by atoms with van der Waals surface area (Å²) in [4.78, 5) is 106. The van der Waals surface area contributed by atoms with Crippen molar-refractivity contribution in [3.05, 3.63) is 127 Å². The molecular weight excluding hydrogens is 1400 g/mol. The lowest BCUT2D eigenvalue weighted by Crippen LogP contribution is -2.48. The van der Waals surface area contributed by atoms with E-state index >= 15 is 0 Å². The van der Waals surface area contributed by atoms with E-state index in [2.05, 4.69) is 92.9 Å². The normalized spacial score (nSPS) is 18.1. The van der Waals surface area contributed by atoms with Crippen molar-refractivity contribution in [1.29, 1.82) is 0 Å². The fourth-order valence-electron chi connectivity index (χ4n) is 11.4. The number of phosphoric ester groups is 1. The van der Waals surface area contributed by atoms with E-state index < -0.39 is 95.6 Å². The van der Waals surface area contributed by atoms with Gasteiger partial charge in [0.2, 0.25) is 5.91 Å². The van der Waals surface area contributed by atoms with Crippen molar-refractivity contribution in [2.75, 3.05) is 75.8 Å². The predicted octanol–water partition coefficient (Wildman–Crippen LogP) is 6.81. The number of amides is 2. The van der Waals surface area contributed by atoms with Crippen LogP contribution in [0.15, 0.2) is 92.8 Å². The number of rotatable bonds is 36. The van der Waals surface area contributed by atoms with Crippen LogP contribution >= 0.6 is 23.5 Å². The molecule has 6 heterocycles. The van der Waals surface area contributed by atoms with Crippen molar-refractivity contribution in [2.24, 2.45) is 10.2 Å². The van der Waals surface area contributed by atoms with Crippen LogP contribution in [-0.2, 0) is 72.0 Å². The number of hydrogen-bond acceptors (Lipinski definition) is 24. The second-order valence-electron chi connectivity index (χ2n) is 23.6. The Morgan fingerprint density at radius 1 is 0.990 bits per heavy atom. The number of aromatic nitrogens is 4. The molecule has 9 N–H and O–H groups in total. The average Bonchev–Trinajstić information content (AvgIpc) is 0.982. The highest BCUT2D eigenvalue weighted by molar-refractivity contribution is 7.85. The molecular formula is C59H74N14O23P3S+. The molecule has 538 valence electrons. The molecule has 0 radical (unpaired) electrons. The molecule has 8 rings (SSSR count). The summed E-state index contributed by atoms with van der Waals surface area (Å²) in [6, 6.07) is 15.7. The quantitative estimate of drug-likeness (QED) is 0.00230. The van der Waals surface area contributed by atoms with Crippen LogP contribution in [0.2, 0.25) is 0 Å². The van der Waals surface area contributed by atoms with Crippen molar-refractivity contribution in [1.82, 2.24) is 25.2 Å². The van der Waals surface area contributed by atoms with E-state index in [1.165, 1.54) is 16.8 Å². The number of carbonyl (C=O) groups excluding carboxylic acids is 3. The molecule has 2 aliphatic rings. The fourth-order valence-corrected chi connectivity index (χ4v) is 14.9. The zero-order valence-corrected chi connectivity index (χ0v) is 57.9. The number of anilines is 2. The summed E-state index contributed by atoms with van der Waals surface area (Å²) in [5.41, 5.74) is 28.4. The summed E-state index contributed by atoms with van der Waals surface area (Å²) in [5.74, 6) is 4.83. The summed E-state index contributed by atoms with van der Waals surface area (Å²) >= 11 is 0. The Labute approximate surface area is 571 Å². The average molecular weight is 1470 g/mol. The number of hydrogen-bond donors (Lipinski definition) is 8. The lowest BCUT2D eigenvalue weighted by Gasteiger charge is -2.47. The van der Waals surface area contributed by atoms with E-state index in [1.807, 2.05) is 29.7 Å². The van der Waals surface area contributed by atoms with Crippen LogP contribution in [0.1, 0.15) is 105 Å². The molecule has 1 fully saturated rings. The number of pyridine rings is 1. The van der Waals surface area contributed by atoms with Crippen LogP contribution in [0.3, 0.4) is 0 Å². The fraction of sp³-hybridized carbons (Fsp3) is 0.475. The number of nitrogen functional groups attached to an aromatic ring is 1. The first kappa shape index (κ1) is 77.5. The van der Waals surface area contributed by atoms with E-state index in [1.54, 1.807) is 30.5 Å². The number of azide groups is 2. The van der Waals surface area contributed by atoms with Gasteiger partial charge in [-0.15, -0.1) is 0 Å². The van der Waals surface area contributed by atoms with Gasteiger partial charge in [-0.1, -0.05) is 35.1 Å². The highest BCUT2D eigenvalue weighted by atomic mass is 32.2. The van der Waals surface area contributed by atoms with Crippen molar-refractivity contribution >= 4 is 84.7 Å². The molecule has 37 nitrogen and oxygen atoms in total. The Hall–Kier alpha value is -8.23. The molecule has 0 saturated carbocycles. The summed E-state index contributed by atoms with van der Waals surface area (Å²) in [7, 11) is -21.1. The van der Waals surface area contributed by atoms with Crippen molar-refractivity contribution in [3.63, 3.8) is 0 Å². The first-order valence-corrected chi connectivity index (χ1v) is 37.0. The highest BCUT2D eigenvalue weighted by Gasteiger charge is 2.44. The molecule has 100 heavy (non-hydrogen) atoms. The number of nitrogens with zero attached hydrogens (tertiary/aromatic N) is 11. The monoisotopic (exact) mass is 1470 g/mol. The molecule has 1 saturated heterocycles. The molecule has 2 amide bonds. The molecule has 0 bridgehead atoms. The number of nitrogens with two attached hydrogens (primary N) is 1. The summed E-state index contributed by atoms with van der Waals surface area (Å²) in [6.07, 6.45) is 2.46. The van der Waals surface area contributed by atoms with Gasteiger partial charge in [-0.05, 0) is 86.0 Å². The van der Waals surface area contributed by atoms with E-state index in [0.717, 1.165) is 35.1 Å². The number of phosphoric acid groups is 3. The smallest absolute Gasteiger partial charge is 0.490 e. The molecule has 6 aromatic rings. The topological polar surface area (TPSA) is 527 Å². The largest absolute Gasteiger partial charge is 0.491 e. The molecule has 2 aromatic carbocycles. The number of ketones is 1. The minimum Gasteiger partial charge on any atom is -0.491 e. The number of Topliss-reactive ketones (excluding diaryl/α,β-unsaturated/α-hetero) is 1. The zero-order valence-electron chi connectivity index (χ0n) is 54.4. The second kappa shape index (κ2) is 34.4. The van der Waals surface area contributed by atoms with Gasteiger partial charge in [-0.2, -0.15) is 17.0 Å². The van der Waals surface area contributed by atoms with Crippen LogP contribution in [0.5, 0.6) is 5.75 Å². The Bertz CT molecular complexity index is 4500. The minimum absolute atomic E-state index is 0.00246. The first-order valence-electron chi connectivity index (χ1n) is 30.9.